The van der Waals surface area contributed by atoms with Crippen LogP contribution in [-0.4, -0.2) is 13.1 Å². The zero-order valence-corrected chi connectivity index (χ0v) is 7.08. The summed E-state index contributed by atoms with van der Waals surface area (Å²) in [6.45, 7) is 5.81. The SMILES string of the molecule is C=C(Br)CNCC1CC1. The van der Waals surface area contributed by atoms with Crippen molar-refractivity contribution in [1.29, 1.82) is 0 Å². The second kappa shape index (κ2) is 3.37. The number of nitrogens with one attached hydrogen (secondary N) is 1. The molecule has 1 fully saturated rings. The summed E-state index contributed by atoms with van der Waals surface area (Å²) in [5.74, 6) is 0.969. The Bertz CT molecular complexity index is 107. The highest BCUT2D eigenvalue weighted by atomic mass is 79.9. The molecule has 1 rings (SSSR count). The maximum atomic E-state index is 3.73. The summed E-state index contributed by atoms with van der Waals surface area (Å²) < 4.78 is 1.04. The van der Waals surface area contributed by atoms with Gasteiger partial charge >= 0.3 is 0 Å². The molecule has 0 aliphatic heterocycles. The summed E-state index contributed by atoms with van der Waals surface area (Å²) >= 11 is 3.29. The third-order valence-electron chi connectivity index (χ3n) is 1.45. The van der Waals surface area contributed by atoms with E-state index in [1.807, 2.05) is 0 Å². The van der Waals surface area contributed by atoms with Gasteiger partial charge in [0.15, 0.2) is 0 Å². The molecule has 0 heterocycles. The van der Waals surface area contributed by atoms with E-state index in [-0.39, 0.29) is 0 Å². The average Bonchev–Trinajstić information content (AvgIpc) is 2.48. The molecule has 0 radical (unpaired) electrons. The fourth-order valence-electron chi connectivity index (χ4n) is 0.734. The zero-order chi connectivity index (χ0) is 6.69. The molecule has 52 valence electrons. The van der Waals surface area contributed by atoms with Crippen LogP contribution in [0.1, 0.15) is 12.8 Å². The summed E-state index contributed by atoms with van der Waals surface area (Å²) in [7, 11) is 0. The summed E-state index contributed by atoms with van der Waals surface area (Å²) in [6.07, 6.45) is 2.84. The average molecular weight is 190 g/mol. The van der Waals surface area contributed by atoms with Crippen molar-refractivity contribution in [2.24, 2.45) is 5.92 Å². The zero-order valence-electron chi connectivity index (χ0n) is 5.49. The van der Waals surface area contributed by atoms with Crippen LogP contribution in [0.2, 0.25) is 0 Å². The predicted octanol–water partition coefficient (Wildman–Crippen LogP) is 1.89. The van der Waals surface area contributed by atoms with E-state index in [1.54, 1.807) is 0 Å². The van der Waals surface area contributed by atoms with Crippen molar-refractivity contribution in [1.82, 2.24) is 5.32 Å². The fourth-order valence-corrected chi connectivity index (χ4v) is 0.932. The topological polar surface area (TPSA) is 12.0 Å². The Hall–Kier alpha value is 0.180. The molecule has 0 aromatic heterocycles. The highest BCUT2D eigenvalue weighted by Gasteiger charge is 2.19. The van der Waals surface area contributed by atoms with Gasteiger partial charge in [-0.1, -0.05) is 22.5 Å². The molecular weight excluding hydrogens is 178 g/mol. The van der Waals surface area contributed by atoms with Crippen molar-refractivity contribution >= 4 is 15.9 Å². The van der Waals surface area contributed by atoms with E-state index in [1.165, 1.54) is 19.4 Å². The molecule has 0 aromatic rings. The minimum atomic E-state index is 0.913. The maximum absolute atomic E-state index is 3.73. The second-order valence-corrected chi connectivity index (χ2v) is 3.71. The third kappa shape index (κ3) is 3.71. The van der Waals surface area contributed by atoms with E-state index < -0.39 is 0 Å². The largest absolute Gasteiger partial charge is 0.312 e. The molecule has 1 aliphatic rings. The van der Waals surface area contributed by atoms with Crippen LogP contribution in [0.15, 0.2) is 11.1 Å². The molecule has 1 saturated carbocycles. The lowest BCUT2D eigenvalue weighted by atomic mass is 10.4. The molecule has 0 atom stereocenters. The lowest BCUT2D eigenvalue weighted by Crippen LogP contribution is -2.17. The van der Waals surface area contributed by atoms with E-state index >= 15 is 0 Å². The molecule has 0 unspecified atom stereocenters. The smallest absolute Gasteiger partial charge is 0.0265 e. The molecule has 0 saturated heterocycles. The molecule has 0 spiro atoms. The van der Waals surface area contributed by atoms with Crippen molar-refractivity contribution in [3.8, 4) is 0 Å². The van der Waals surface area contributed by atoms with Gasteiger partial charge in [0.05, 0.1) is 0 Å². The number of halogens is 1. The molecule has 2 heteroatoms. The monoisotopic (exact) mass is 189 g/mol. The molecule has 1 nitrogen and oxygen atoms in total. The van der Waals surface area contributed by atoms with Crippen LogP contribution in [0, 0.1) is 5.92 Å². The van der Waals surface area contributed by atoms with Crippen LogP contribution in [0.4, 0.5) is 0 Å². The van der Waals surface area contributed by atoms with Gasteiger partial charge in [0.2, 0.25) is 0 Å². The summed E-state index contributed by atoms with van der Waals surface area (Å²) in [6, 6.07) is 0. The third-order valence-corrected chi connectivity index (χ3v) is 1.73. The van der Waals surface area contributed by atoms with Gasteiger partial charge in [0.25, 0.3) is 0 Å². The van der Waals surface area contributed by atoms with Crippen molar-refractivity contribution in [3.63, 3.8) is 0 Å². The Kier molecular flexibility index (Phi) is 2.73. The standard InChI is InChI=1S/C7H12BrN/c1-6(8)4-9-5-7-2-3-7/h7,9H,1-5H2. The van der Waals surface area contributed by atoms with Gasteiger partial charge in [-0.2, -0.15) is 0 Å². The van der Waals surface area contributed by atoms with Gasteiger partial charge in [-0.15, -0.1) is 0 Å². The normalized spacial score (nSPS) is 17.9. The highest BCUT2D eigenvalue weighted by molar-refractivity contribution is 9.11. The Balaban J connectivity index is 1.86. The Labute approximate surface area is 64.7 Å². The van der Waals surface area contributed by atoms with Crippen molar-refractivity contribution in [2.45, 2.75) is 12.8 Å². The summed E-state index contributed by atoms with van der Waals surface area (Å²) in [4.78, 5) is 0. The van der Waals surface area contributed by atoms with E-state index in [2.05, 4.69) is 27.8 Å². The Morgan fingerprint density at radius 1 is 1.67 bits per heavy atom. The van der Waals surface area contributed by atoms with Gasteiger partial charge in [0.1, 0.15) is 0 Å². The number of rotatable bonds is 4. The number of hydrogen-bond acceptors (Lipinski definition) is 1. The first-order valence-corrected chi connectivity index (χ1v) is 4.12. The molecular formula is C7H12BrN. The van der Waals surface area contributed by atoms with Gasteiger partial charge < -0.3 is 5.32 Å². The minimum Gasteiger partial charge on any atom is -0.312 e. The van der Waals surface area contributed by atoms with Gasteiger partial charge in [-0.05, 0) is 25.3 Å². The molecule has 1 aliphatic carbocycles. The van der Waals surface area contributed by atoms with Crippen LogP contribution in [0.25, 0.3) is 0 Å². The van der Waals surface area contributed by atoms with Crippen LogP contribution in [0.5, 0.6) is 0 Å². The van der Waals surface area contributed by atoms with Crippen LogP contribution in [-0.2, 0) is 0 Å². The highest BCUT2D eigenvalue weighted by Crippen LogP contribution is 2.27. The van der Waals surface area contributed by atoms with Gasteiger partial charge in [-0.25, -0.2) is 0 Å². The van der Waals surface area contributed by atoms with E-state index in [0.717, 1.165) is 16.9 Å². The Morgan fingerprint density at radius 3 is 2.78 bits per heavy atom. The lowest BCUT2D eigenvalue weighted by molar-refractivity contribution is 0.681. The van der Waals surface area contributed by atoms with Gasteiger partial charge in [0, 0.05) is 11.0 Å². The molecule has 0 amide bonds. The van der Waals surface area contributed by atoms with Crippen LogP contribution >= 0.6 is 15.9 Å². The minimum absolute atomic E-state index is 0.913. The molecule has 0 bridgehead atoms. The summed E-state index contributed by atoms with van der Waals surface area (Å²) in [5.41, 5.74) is 0. The summed E-state index contributed by atoms with van der Waals surface area (Å²) in [5, 5.41) is 3.30. The number of hydrogen-bond donors (Lipinski definition) is 1. The Morgan fingerprint density at radius 2 is 2.33 bits per heavy atom. The first-order valence-electron chi connectivity index (χ1n) is 3.33. The first-order chi connectivity index (χ1) is 4.29. The fraction of sp³-hybridized carbons (Fsp3) is 0.714. The van der Waals surface area contributed by atoms with Gasteiger partial charge in [-0.3, -0.25) is 0 Å². The molecule has 1 N–H and O–H groups in total. The van der Waals surface area contributed by atoms with Crippen LogP contribution in [0.3, 0.4) is 0 Å². The van der Waals surface area contributed by atoms with Crippen LogP contribution < -0.4 is 5.32 Å². The maximum Gasteiger partial charge on any atom is 0.0265 e. The quantitative estimate of drug-likeness (QED) is 0.713. The van der Waals surface area contributed by atoms with E-state index in [4.69, 9.17) is 0 Å². The van der Waals surface area contributed by atoms with Crippen molar-refractivity contribution in [3.05, 3.63) is 11.1 Å². The first kappa shape index (κ1) is 7.29. The second-order valence-electron chi connectivity index (χ2n) is 2.59. The lowest BCUT2D eigenvalue weighted by Gasteiger charge is -1.99. The van der Waals surface area contributed by atoms with Crippen molar-refractivity contribution < 1.29 is 0 Å². The molecule has 9 heavy (non-hydrogen) atoms. The molecule has 0 aromatic carbocycles. The van der Waals surface area contributed by atoms with Crippen molar-refractivity contribution in [2.75, 3.05) is 13.1 Å². The van der Waals surface area contributed by atoms with E-state index in [9.17, 15) is 0 Å². The van der Waals surface area contributed by atoms with E-state index in [0.29, 0.717) is 0 Å². The predicted molar refractivity (Wildman–Crippen MR) is 43.7 cm³/mol.